The fourth-order valence-electron chi connectivity index (χ4n) is 3.30. The van der Waals surface area contributed by atoms with Gasteiger partial charge in [-0.3, -0.25) is 13.9 Å². The van der Waals surface area contributed by atoms with Crippen LogP contribution in [-0.4, -0.2) is 27.2 Å². The topological polar surface area (TPSA) is 113 Å². The lowest BCUT2D eigenvalue weighted by atomic mass is 10.1. The molecule has 0 aliphatic carbocycles. The molecule has 0 heterocycles. The van der Waals surface area contributed by atoms with Crippen molar-refractivity contribution in [1.82, 2.24) is 5.32 Å². The van der Waals surface area contributed by atoms with E-state index >= 15 is 0 Å². The second kappa shape index (κ2) is 11.0. The maximum atomic E-state index is 13.5. The molecule has 0 atom stereocenters. The molecule has 3 aromatic rings. The number of carbonyl (C=O) groups is 2. The molecule has 3 aromatic carbocycles. The number of hydrogen-bond acceptors (Lipinski definition) is 6. The Hall–Kier alpha value is -3.56. The highest BCUT2D eigenvalue weighted by molar-refractivity contribution is 7.92. The molecule has 1 N–H and O–H groups in total. The maximum absolute atomic E-state index is 13.5. The Balaban J connectivity index is 1.90. The van der Waals surface area contributed by atoms with E-state index < -0.39 is 22.5 Å². The zero-order chi connectivity index (χ0) is 24.7. The van der Waals surface area contributed by atoms with Gasteiger partial charge in [0, 0.05) is 17.1 Å². The number of anilines is 1. The number of amides is 1. The minimum atomic E-state index is -4.15. The van der Waals surface area contributed by atoms with Crippen LogP contribution in [0.1, 0.15) is 27.0 Å². The Bertz CT molecular complexity index is 1310. The molecule has 0 saturated carbocycles. The molecule has 10 heteroatoms. The van der Waals surface area contributed by atoms with Crippen LogP contribution >= 0.6 is 11.6 Å². The Labute approximate surface area is 202 Å². The number of carbonyl (C=O) groups excluding carboxylic acids is 2. The molecule has 34 heavy (non-hydrogen) atoms. The van der Waals surface area contributed by atoms with Gasteiger partial charge in [-0.1, -0.05) is 53.2 Å². The average Bonchev–Trinajstić information content (AvgIpc) is 2.84. The van der Waals surface area contributed by atoms with Gasteiger partial charge in [-0.05, 0) is 53.9 Å². The lowest BCUT2D eigenvalue weighted by Crippen LogP contribution is -2.41. The van der Waals surface area contributed by atoms with Gasteiger partial charge in [0.1, 0.15) is 19.4 Å². The molecule has 0 spiro atoms. The number of nitrogens with zero attached hydrogens (tertiary/aromatic N) is 2. The molecule has 3 rings (SSSR count). The van der Waals surface area contributed by atoms with Crippen molar-refractivity contribution in [3.63, 3.8) is 0 Å². The van der Waals surface area contributed by atoms with Crippen molar-refractivity contribution >= 4 is 39.5 Å². The van der Waals surface area contributed by atoms with Crippen LogP contribution in [0.15, 0.2) is 76.8 Å². The van der Waals surface area contributed by atoms with E-state index in [0.29, 0.717) is 33.6 Å². The molecule has 0 bridgehead atoms. The zero-order valence-electron chi connectivity index (χ0n) is 18.3. The summed E-state index contributed by atoms with van der Waals surface area (Å²) in [6.45, 7) is 1.22. The Morgan fingerprint density at radius 2 is 1.76 bits per heavy atom. The Morgan fingerprint density at radius 3 is 2.44 bits per heavy atom. The first-order chi connectivity index (χ1) is 16.3. The van der Waals surface area contributed by atoms with Crippen LogP contribution in [0.2, 0.25) is 5.02 Å². The van der Waals surface area contributed by atoms with Crippen molar-refractivity contribution in [3.8, 4) is 0 Å². The first-order valence-electron chi connectivity index (χ1n) is 10.2. The van der Waals surface area contributed by atoms with Crippen LogP contribution in [0.3, 0.4) is 0 Å². The maximum Gasteiger partial charge on any atom is 0.264 e. The SMILES string of the molecule is Cc1c(Cl)cccc1N(CC(=O)NCc1cccc(C=O)c1)S(=O)(=O)c1ccc(CN=O)cc1. The largest absolute Gasteiger partial charge is 0.350 e. The van der Waals surface area contributed by atoms with Gasteiger partial charge in [-0.15, -0.1) is 0 Å². The first-order valence-corrected chi connectivity index (χ1v) is 12.0. The number of hydrogen-bond donors (Lipinski definition) is 1. The first kappa shape index (κ1) is 25.1. The van der Waals surface area contributed by atoms with Gasteiger partial charge in [-0.25, -0.2) is 8.42 Å². The quantitative estimate of drug-likeness (QED) is 0.331. The van der Waals surface area contributed by atoms with Crippen molar-refractivity contribution < 1.29 is 18.0 Å². The third-order valence-electron chi connectivity index (χ3n) is 5.13. The molecular formula is C24H22ClN3O5S. The number of halogens is 1. The van der Waals surface area contributed by atoms with Crippen LogP contribution in [0.4, 0.5) is 5.69 Å². The second-order valence-corrected chi connectivity index (χ2v) is 9.74. The molecule has 0 radical (unpaired) electrons. The summed E-state index contributed by atoms with van der Waals surface area (Å²) in [5.74, 6) is -0.541. The summed E-state index contributed by atoms with van der Waals surface area (Å²) < 4.78 is 28.1. The van der Waals surface area contributed by atoms with E-state index in [9.17, 15) is 22.9 Å². The van der Waals surface area contributed by atoms with Gasteiger partial charge < -0.3 is 5.32 Å². The van der Waals surface area contributed by atoms with E-state index in [0.717, 1.165) is 4.31 Å². The van der Waals surface area contributed by atoms with Gasteiger partial charge in [0.25, 0.3) is 10.0 Å². The minimum Gasteiger partial charge on any atom is -0.350 e. The highest BCUT2D eigenvalue weighted by atomic mass is 35.5. The van der Waals surface area contributed by atoms with E-state index in [2.05, 4.69) is 10.5 Å². The molecule has 0 unspecified atom stereocenters. The smallest absolute Gasteiger partial charge is 0.264 e. The van der Waals surface area contributed by atoms with Crippen molar-refractivity contribution in [2.75, 3.05) is 10.8 Å². The summed E-state index contributed by atoms with van der Waals surface area (Å²) in [4.78, 5) is 34.2. The normalized spacial score (nSPS) is 11.0. The average molecular weight is 500 g/mol. The molecule has 0 aliphatic rings. The third kappa shape index (κ3) is 5.86. The van der Waals surface area contributed by atoms with Crippen LogP contribution in [-0.2, 0) is 27.9 Å². The van der Waals surface area contributed by atoms with Gasteiger partial charge in [0.05, 0.1) is 10.6 Å². The van der Waals surface area contributed by atoms with Crippen LogP contribution in [0.25, 0.3) is 0 Å². The van der Waals surface area contributed by atoms with Gasteiger partial charge in [-0.2, -0.15) is 4.91 Å². The zero-order valence-corrected chi connectivity index (χ0v) is 19.8. The number of nitroso groups, excluding NO2 is 1. The number of rotatable bonds is 10. The van der Waals surface area contributed by atoms with Gasteiger partial charge in [0.2, 0.25) is 5.91 Å². The van der Waals surface area contributed by atoms with E-state index in [1.807, 2.05) is 0 Å². The molecule has 0 fully saturated rings. The lowest BCUT2D eigenvalue weighted by molar-refractivity contribution is -0.119. The van der Waals surface area contributed by atoms with Gasteiger partial charge >= 0.3 is 0 Å². The molecule has 0 aromatic heterocycles. The van der Waals surface area contributed by atoms with Crippen molar-refractivity contribution in [1.29, 1.82) is 0 Å². The van der Waals surface area contributed by atoms with E-state index in [1.165, 1.54) is 24.3 Å². The number of sulfonamides is 1. The highest BCUT2D eigenvalue weighted by Gasteiger charge is 2.28. The Kier molecular flexibility index (Phi) is 8.14. The van der Waals surface area contributed by atoms with Crippen molar-refractivity contribution in [2.24, 2.45) is 5.18 Å². The fourth-order valence-corrected chi connectivity index (χ4v) is 4.95. The fraction of sp³-hybridized carbons (Fsp3) is 0.167. The lowest BCUT2D eigenvalue weighted by Gasteiger charge is -2.26. The summed E-state index contributed by atoms with van der Waals surface area (Å²) in [5, 5.41) is 5.85. The third-order valence-corrected chi connectivity index (χ3v) is 7.31. The van der Waals surface area contributed by atoms with Gasteiger partial charge in [0.15, 0.2) is 0 Å². The highest BCUT2D eigenvalue weighted by Crippen LogP contribution is 2.31. The molecule has 0 saturated heterocycles. The summed E-state index contributed by atoms with van der Waals surface area (Å²) in [6, 6.07) is 17.3. The summed E-state index contributed by atoms with van der Waals surface area (Å²) in [5.41, 5.74) is 2.50. The molecule has 1 amide bonds. The summed E-state index contributed by atoms with van der Waals surface area (Å²) in [6.07, 6.45) is 0.706. The summed E-state index contributed by atoms with van der Waals surface area (Å²) in [7, 11) is -4.15. The predicted molar refractivity (Wildman–Crippen MR) is 130 cm³/mol. The van der Waals surface area contributed by atoms with E-state index in [4.69, 9.17) is 11.6 Å². The minimum absolute atomic E-state index is 0.0481. The predicted octanol–water partition coefficient (Wildman–Crippen LogP) is 4.24. The molecule has 0 aliphatic heterocycles. The van der Waals surface area contributed by atoms with Crippen LogP contribution in [0.5, 0.6) is 0 Å². The second-order valence-electron chi connectivity index (χ2n) is 7.47. The monoisotopic (exact) mass is 499 g/mol. The molecule has 176 valence electrons. The number of aldehydes is 1. The van der Waals surface area contributed by atoms with Crippen LogP contribution in [0, 0.1) is 11.8 Å². The summed E-state index contributed by atoms with van der Waals surface area (Å²) >= 11 is 6.23. The molecular weight excluding hydrogens is 478 g/mol. The van der Waals surface area contributed by atoms with Crippen molar-refractivity contribution in [3.05, 3.63) is 98.9 Å². The number of benzene rings is 3. The van der Waals surface area contributed by atoms with E-state index in [1.54, 1.807) is 49.4 Å². The van der Waals surface area contributed by atoms with Crippen LogP contribution < -0.4 is 9.62 Å². The standard InChI is InChI=1S/C24H22ClN3O5S/c1-17-22(25)6-3-7-23(17)28(34(32,33)21-10-8-18(9-11-21)14-27-31)15-24(30)26-13-19-4-2-5-20(12-19)16-29/h2-12,16H,13-15H2,1H3,(H,26,30). The van der Waals surface area contributed by atoms with E-state index in [-0.39, 0.29) is 23.7 Å². The van der Waals surface area contributed by atoms with Crippen molar-refractivity contribution in [2.45, 2.75) is 24.9 Å². The Morgan fingerprint density at radius 1 is 1.06 bits per heavy atom. The molecule has 8 nitrogen and oxygen atoms in total. The number of nitrogens with one attached hydrogen (secondary N) is 1.